The zero-order valence-electron chi connectivity index (χ0n) is 12.1. The van der Waals surface area contributed by atoms with Gasteiger partial charge in [0.2, 0.25) is 0 Å². The summed E-state index contributed by atoms with van der Waals surface area (Å²) < 4.78 is 5.57. The standard InChI is InChI=1S/C17H24N2O/c1-2-4-14(5-3-1)11-19-12-15-10-18-17(16(15)13-19)6-8-20-9-7-17/h1-5,15-16,18H,6-13H2/t15-,16-/m0/s1. The van der Waals surface area contributed by atoms with Crippen LogP contribution in [0.25, 0.3) is 0 Å². The Morgan fingerprint density at radius 2 is 1.95 bits per heavy atom. The van der Waals surface area contributed by atoms with Crippen molar-refractivity contribution >= 4 is 0 Å². The van der Waals surface area contributed by atoms with Gasteiger partial charge in [0.05, 0.1) is 0 Å². The van der Waals surface area contributed by atoms with Gasteiger partial charge in [-0.3, -0.25) is 4.90 Å². The molecule has 1 N–H and O–H groups in total. The minimum atomic E-state index is 0.383. The molecule has 0 amide bonds. The number of hydrogen-bond donors (Lipinski definition) is 1. The van der Waals surface area contributed by atoms with Crippen LogP contribution in [0.3, 0.4) is 0 Å². The normalized spacial score (nSPS) is 32.6. The van der Waals surface area contributed by atoms with Crippen LogP contribution in [0.5, 0.6) is 0 Å². The molecule has 3 heteroatoms. The summed E-state index contributed by atoms with van der Waals surface area (Å²) in [6.07, 6.45) is 2.40. The summed E-state index contributed by atoms with van der Waals surface area (Å²) in [6.45, 7) is 6.71. The highest BCUT2D eigenvalue weighted by atomic mass is 16.5. The van der Waals surface area contributed by atoms with Crippen LogP contribution in [0.15, 0.2) is 30.3 Å². The molecule has 108 valence electrons. The monoisotopic (exact) mass is 272 g/mol. The Balaban J connectivity index is 1.45. The lowest BCUT2D eigenvalue weighted by atomic mass is 9.77. The first-order valence-corrected chi connectivity index (χ1v) is 7.95. The molecule has 3 aliphatic heterocycles. The topological polar surface area (TPSA) is 24.5 Å². The zero-order chi connectivity index (χ0) is 13.4. The number of likely N-dealkylation sites (tertiary alicyclic amines) is 1. The molecule has 2 atom stereocenters. The summed E-state index contributed by atoms with van der Waals surface area (Å²) in [4.78, 5) is 2.66. The minimum absolute atomic E-state index is 0.383. The van der Waals surface area contributed by atoms with Crippen molar-refractivity contribution in [3.63, 3.8) is 0 Å². The van der Waals surface area contributed by atoms with Crippen LogP contribution in [-0.4, -0.2) is 43.3 Å². The van der Waals surface area contributed by atoms with Crippen LogP contribution in [-0.2, 0) is 11.3 Å². The van der Waals surface area contributed by atoms with Gasteiger partial charge in [-0.2, -0.15) is 0 Å². The summed E-state index contributed by atoms with van der Waals surface area (Å²) in [5.41, 5.74) is 1.83. The van der Waals surface area contributed by atoms with E-state index in [9.17, 15) is 0 Å². The van der Waals surface area contributed by atoms with Crippen molar-refractivity contribution in [2.24, 2.45) is 11.8 Å². The number of benzene rings is 1. The van der Waals surface area contributed by atoms with Gasteiger partial charge in [0, 0.05) is 44.9 Å². The van der Waals surface area contributed by atoms with Gasteiger partial charge in [0.25, 0.3) is 0 Å². The van der Waals surface area contributed by atoms with E-state index in [0.29, 0.717) is 5.54 Å². The Hall–Kier alpha value is -0.900. The lowest BCUT2D eigenvalue weighted by molar-refractivity contribution is 0.0258. The average molecular weight is 272 g/mol. The molecule has 20 heavy (non-hydrogen) atoms. The molecule has 0 unspecified atom stereocenters. The third-order valence-electron chi connectivity index (χ3n) is 5.58. The first kappa shape index (κ1) is 12.8. The average Bonchev–Trinajstić information content (AvgIpc) is 3.03. The maximum Gasteiger partial charge on any atom is 0.0483 e. The molecule has 0 aromatic heterocycles. The highest BCUT2D eigenvalue weighted by Gasteiger charge is 2.52. The number of nitrogens with zero attached hydrogens (tertiary/aromatic N) is 1. The Morgan fingerprint density at radius 3 is 2.75 bits per heavy atom. The second-order valence-electron chi connectivity index (χ2n) is 6.70. The van der Waals surface area contributed by atoms with Gasteiger partial charge in [0.15, 0.2) is 0 Å². The molecule has 0 bridgehead atoms. The molecule has 0 radical (unpaired) electrons. The van der Waals surface area contributed by atoms with E-state index in [1.165, 1.54) is 38.0 Å². The fraction of sp³-hybridized carbons (Fsp3) is 0.647. The van der Waals surface area contributed by atoms with Crippen molar-refractivity contribution in [3.05, 3.63) is 35.9 Å². The Bertz CT molecular complexity index is 450. The summed E-state index contributed by atoms with van der Waals surface area (Å²) in [5.74, 6) is 1.67. The highest BCUT2D eigenvalue weighted by molar-refractivity contribution is 5.16. The van der Waals surface area contributed by atoms with E-state index < -0.39 is 0 Å². The van der Waals surface area contributed by atoms with E-state index >= 15 is 0 Å². The van der Waals surface area contributed by atoms with Gasteiger partial charge < -0.3 is 10.1 Å². The number of hydrogen-bond acceptors (Lipinski definition) is 3. The van der Waals surface area contributed by atoms with E-state index in [0.717, 1.165) is 31.6 Å². The molecular weight excluding hydrogens is 248 g/mol. The predicted molar refractivity (Wildman–Crippen MR) is 79.5 cm³/mol. The van der Waals surface area contributed by atoms with E-state index in [2.05, 4.69) is 40.5 Å². The van der Waals surface area contributed by atoms with Crippen LogP contribution in [0.4, 0.5) is 0 Å². The predicted octanol–water partition coefficient (Wildman–Crippen LogP) is 1.89. The van der Waals surface area contributed by atoms with Gasteiger partial charge in [-0.25, -0.2) is 0 Å². The van der Waals surface area contributed by atoms with E-state index in [-0.39, 0.29) is 0 Å². The van der Waals surface area contributed by atoms with E-state index in [1.807, 2.05) is 0 Å². The van der Waals surface area contributed by atoms with Gasteiger partial charge >= 0.3 is 0 Å². The summed E-state index contributed by atoms with van der Waals surface area (Å²) in [6, 6.07) is 10.9. The van der Waals surface area contributed by atoms with Crippen LogP contribution < -0.4 is 5.32 Å². The van der Waals surface area contributed by atoms with E-state index in [1.54, 1.807) is 0 Å². The summed E-state index contributed by atoms with van der Waals surface area (Å²) >= 11 is 0. The highest BCUT2D eigenvalue weighted by Crippen LogP contribution is 2.43. The number of nitrogens with one attached hydrogen (secondary N) is 1. The largest absolute Gasteiger partial charge is 0.381 e. The summed E-state index contributed by atoms with van der Waals surface area (Å²) in [7, 11) is 0. The molecule has 0 saturated carbocycles. The molecule has 3 fully saturated rings. The number of ether oxygens (including phenoxy) is 1. The molecule has 3 saturated heterocycles. The molecule has 1 spiro atoms. The van der Waals surface area contributed by atoms with Gasteiger partial charge in [-0.15, -0.1) is 0 Å². The first-order chi connectivity index (χ1) is 9.86. The smallest absolute Gasteiger partial charge is 0.0483 e. The lowest BCUT2D eigenvalue weighted by Crippen LogP contribution is -2.50. The Labute approximate surface area is 121 Å². The second-order valence-corrected chi connectivity index (χ2v) is 6.70. The van der Waals surface area contributed by atoms with Crippen LogP contribution in [0, 0.1) is 11.8 Å². The van der Waals surface area contributed by atoms with Gasteiger partial charge in [-0.1, -0.05) is 30.3 Å². The molecule has 0 aliphatic carbocycles. The third-order valence-corrected chi connectivity index (χ3v) is 5.58. The van der Waals surface area contributed by atoms with Crippen molar-refractivity contribution in [2.75, 3.05) is 32.8 Å². The minimum Gasteiger partial charge on any atom is -0.381 e. The van der Waals surface area contributed by atoms with E-state index in [4.69, 9.17) is 4.74 Å². The fourth-order valence-electron chi connectivity index (χ4n) is 4.51. The molecular formula is C17H24N2O. The summed E-state index contributed by atoms with van der Waals surface area (Å²) in [5, 5.41) is 3.85. The van der Waals surface area contributed by atoms with Gasteiger partial charge in [-0.05, 0) is 30.2 Å². The van der Waals surface area contributed by atoms with Crippen molar-refractivity contribution in [2.45, 2.75) is 24.9 Å². The SMILES string of the molecule is c1ccc(CN2C[C@@H]3CNC4(CCOCC4)[C@H]3C2)cc1. The van der Waals surface area contributed by atoms with Crippen molar-refractivity contribution in [1.29, 1.82) is 0 Å². The molecule has 1 aromatic carbocycles. The maximum atomic E-state index is 5.57. The number of fused-ring (bicyclic) bond motifs is 2. The Kier molecular flexibility index (Phi) is 3.29. The fourth-order valence-corrected chi connectivity index (χ4v) is 4.51. The first-order valence-electron chi connectivity index (χ1n) is 7.95. The van der Waals surface area contributed by atoms with Crippen LogP contribution >= 0.6 is 0 Å². The number of rotatable bonds is 2. The van der Waals surface area contributed by atoms with Gasteiger partial charge in [0.1, 0.15) is 0 Å². The third kappa shape index (κ3) is 2.18. The van der Waals surface area contributed by atoms with Crippen LogP contribution in [0.2, 0.25) is 0 Å². The van der Waals surface area contributed by atoms with Crippen molar-refractivity contribution in [1.82, 2.24) is 10.2 Å². The molecule has 4 rings (SSSR count). The zero-order valence-corrected chi connectivity index (χ0v) is 12.1. The van der Waals surface area contributed by atoms with Crippen LogP contribution in [0.1, 0.15) is 18.4 Å². The molecule has 1 aromatic rings. The van der Waals surface area contributed by atoms with Crippen molar-refractivity contribution < 1.29 is 4.74 Å². The lowest BCUT2D eigenvalue weighted by Gasteiger charge is -2.39. The second kappa shape index (κ2) is 5.14. The maximum absolute atomic E-state index is 5.57. The molecule has 3 aliphatic rings. The quantitative estimate of drug-likeness (QED) is 0.890. The molecule has 3 nitrogen and oxygen atoms in total. The Morgan fingerprint density at radius 1 is 1.15 bits per heavy atom. The van der Waals surface area contributed by atoms with Crippen molar-refractivity contribution in [3.8, 4) is 0 Å². The molecule has 3 heterocycles.